The van der Waals surface area contributed by atoms with E-state index in [-0.39, 0.29) is 26.6 Å². The molecule has 1 heterocycles. The van der Waals surface area contributed by atoms with E-state index in [0.717, 1.165) is 50.3 Å². The first kappa shape index (κ1) is 46.8. The number of thioether (sulfide) groups is 1. The van der Waals surface area contributed by atoms with E-state index in [0.29, 0.717) is 37.6 Å². The number of rotatable bonds is 22. The van der Waals surface area contributed by atoms with Gasteiger partial charge < -0.3 is 38.3 Å². The van der Waals surface area contributed by atoms with Gasteiger partial charge in [0, 0.05) is 12.7 Å². The number of aliphatic hydroxyl groups is 1. The zero-order valence-electron chi connectivity index (χ0n) is 37.6. The largest absolute Gasteiger partial charge is 0.488 e. The van der Waals surface area contributed by atoms with Gasteiger partial charge >= 0.3 is 0 Å². The van der Waals surface area contributed by atoms with E-state index in [1.165, 1.54) is 11.8 Å². The summed E-state index contributed by atoms with van der Waals surface area (Å²) in [4.78, 5) is -1.74. The molecule has 0 aliphatic carbocycles. The number of hydrogen-bond acceptors (Lipinski definition) is 9. The van der Waals surface area contributed by atoms with E-state index >= 15 is 0 Å². The molecule has 0 bridgehead atoms. The van der Waals surface area contributed by atoms with Crippen LogP contribution in [0.1, 0.15) is 50.1 Å². The Balaban J connectivity index is 1.24. The molecule has 1 saturated heterocycles. The highest BCUT2D eigenvalue weighted by Gasteiger charge is 2.57. The molecule has 0 aromatic heterocycles. The highest BCUT2D eigenvalue weighted by Crippen LogP contribution is 2.53. The third kappa shape index (κ3) is 12.6. The maximum Gasteiger partial charge on any atom is 0.188 e. The van der Waals surface area contributed by atoms with E-state index < -0.39 is 28.5 Å². The van der Waals surface area contributed by atoms with Gasteiger partial charge in [0.05, 0.1) is 38.3 Å². The van der Waals surface area contributed by atoms with Crippen LogP contribution in [-0.2, 0) is 68.1 Å². The third-order valence-electron chi connectivity index (χ3n) is 11.7. The van der Waals surface area contributed by atoms with Crippen molar-refractivity contribution in [3.05, 3.63) is 238 Å². The second kappa shape index (κ2) is 23.6. The molecule has 0 spiro atoms. The van der Waals surface area contributed by atoms with E-state index in [1.807, 2.05) is 140 Å². The lowest BCUT2D eigenvalue weighted by molar-refractivity contribution is -0.199. The van der Waals surface area contributed by atoms with Crippen LogP contribution in [0.25, 0.3) is 0 Å². The molecule has 0 amide bonds. The van der Waals surface area contributed by atoms with Crippen molar-refractivity contribution in [2.75, 3.05) is 20.5 Å². The Bertz CT molecular complexity index is 2490. The number of aryl methyl sites for hydroxylation is 1. The molecule has 5 atom stereocenters. The van der Waals surface area contributed by atoms with Crippen molar-refractivity contribution in [1.29, 1.82) is 0 Å². The highest BCUT2D eigenvalue weighted by molar-refractivity contribution is 8.00. The van der Waals surface area contributed by atoms with E-state index in [9.17, 15) is 5.11 Å². The van der Waals surface area contributed by atoms with Gasteiger partial charge in [0.25, 0.3) is 0 Å². The Morgan fingerprint density at radius 2 is 1.00 bits per heavy atom. The Kier molecular flexibility index (Phi) is 16.7. The lowest BCUT2D eigenvalue weighted by atomic mass is 9.89. The molecule has 7 aromatic carbocycles. The van der Waals surface area contributed by atoms with Crippen LogP contribution in [0.5, 0.6) is 11.5 Å². The molecule has 1 N–H and O–H groups in total. The summed E-state index contributed by atoms with van der Waals surface area (Å²) in [7, 11) is 1.60. The van der Waals surface area contributed by atoms with Gasteiger partial charge in [0.2, 0.25) is 0 Å². The molecule has 66 heavy (non-hydrogen) atoms. The Hall–Kier alpha value is -5.75. The van der Waals surface area contributed by atoms with Gasteiger partial charge in [-0.3, -0.25) is 0 Å². The molecule has 9 heteroatoms. The molecular formula is C57H58O8S. The van der Waals surface area contributed by atoms with Gasteiger partial charge in [-0.1, -0.05) is 164 Å². The van der Waals surface area contributed by atoms with Crippen LogP contribution in [0, 0.1) is 6.92 Å². The normalized spacial score (nSPS) is 19.3. The molecule has 1 aliphatic heterocycles. The fourth-order valence-corrected chi connectivity index (χ4v) is 9.79. The van der Waals surface area contributed by atoms with Crippen LogP contribution < -0.4 is 9.47 Å². The number of ether oxygens (including phenoxy) is 7. The van der Waals surface area contributed by atoms with Crippen LogP contribution >= 0.6 is 11.8 Å². The Morgan fingerprint density at radius 3 is 1.53 bits per heavy atom. The lowest BCUT2D eigenvalue weighted by Gasteiger charge is -2.50. The van der Waals surface area contributed by atoms with Gasteiger partial charge in [-0.2, -0.15) is 0 Å². The topological polar surface area (TPSA) is 84.8 Å². The zero-order valence-corrected chi connectivity index (χ0v) is 38.4. The molecule has 0 unspecified atom stereocenters. The molecular weight excluding hydrogens is 845 g/mol. The summed E-state index contributed by atoms with van der Waals surface area (Å²) in [6, 6.07) is 62.6. The fourth-order valence-electron chi connectivity index (χ4n) is 8.17. The van der Waals surface area contributed by atoms with Gasteiger partial charge in [-0.05, 0) is 82.1 Å². The van der Waals surface area contributed by atoms with Gasteiger partial charge in [-0.25, -0.2) is 0 Å². The second-order valence-electron chi connectivity index (χ2n) is 16.5. The minimum Gasteiger partial charge on any atom is -0.488 e. The van der Waals surface area contributed by atoms with Gasteiger partial charge in [-0.15, -0.1) is 11.8 Å². The van der Waals surface area contributed by atoms with Crippen molar-refractivity contribution in [1.82, 2.24) is 0 Å². The number of hydrogen-bond donors (Lipinski definition) is 1. The quantitative estimate of drug-likeness (QED) is 0.0669. The lowest BCUT2D eigenvalue weighted by Crippen LogP contribution is -2.61. The van der Waals surface area contributed by atoms with Crippen molar-refractivity contribution < 1.29 is 38.3 Å². The molecule has 1 fully saturated rings. The van der Waals surface area contributed by atoms with Gasteiger partial charge in [0.1, 0.15) is 36.4 Å². The highest BCUT2D eigenvalue weighted by atomic mass is 32.2. The van der Waals surface area contributed by atoms with Crippen molar-refractivity contribution in [2.45, 2.75) is 74.9 Å². The molecule has 0 radical (unpaired) electrons. The molecule has 0 saturated carbocycles. The second-order valence-corrected chi connectivity index (χ2v) is 18.0. The SMILES string of the molecule is COCOc1ccc(Cc2cc([C@]3(O)S[C@H](COCc4ccccc4)[C@@H](OCc4ccccc4)[C@H](OCc4ccccc4)[C@H]3OCc3ccccc3)c(OCc3ccccc3)cc2C)cc1. The first-order chi connectivity index (χ1) is 32.4. The Labute approximate surface area is 393 Å². The maximum absolute atomic E-state index is 14.1. The summed E-state index contributed by atoms with van der Waals surface area (Å²) in [6.45, 7) is 4.01. The van der Waals surface area contributed by atoms with Crippen LogP contribution in [0.3, 0.4) is 0 Å². The summed E-state index contributed by atoms with van der Waals surface area (Å²) in [5, 5.41) is 13.6. The average Bonchev–Trinajstić information content (AvgIpc) is 3.36. The number of methoxy groups -OCH3 is 1. The molecule has 8 nitrogen and oxygen atoms in total. The predicted octanol–water partition coefficient (Wildman–Crippen LogP) is 11.4. The van der Waals surface area contributed by atoms with Crippen molar-refractivity contribution in [3.8, 4) is 11.5 Å². The minimum absolute atomic E-state index is 0.169. The van der Waals surface area contributed by atoms with E-state index in [2.05, 4.69) is 55.5 Å². The summed E-state index contributed by atoms with van der Waals surface area (Å²) in [5.41, 5.74) is 8.75. The predicted molar refractivity (Wildman–Crippen MR) is 260 cm³/mol. The molecule has 7 aromatic rings. The van der Waals surface area contributed by atoms with E-state index in [1.54, 1.807) is 7.11 Å². The first-order valence-corrected chi connectivity index (χ1v) is 23.3. The van der Waals surface area contributed by atoms with Crippen molar-refractivity contribution >= 4 is 11.8 Å². The number of benzene rings is 7. The smallest absolute Gasteiger partial charge is 0.188 e. The molecule has 340 valence electrons. The Morgan fingerprint density at radius 1 is 0.515 bits per heavy atom. The average molecular weight is 903 g/mol. The van der Waals surface area contributed by atoms with Crippen LogP contribution in [0.15, 0.2) is 188 Å². The molecule has 1 aliphatic rings. The van der Waals surface area contributed by atoms with Crippen molar-refractivity contribution in [2.24, 2.45) is 0 Å². The maximum atomic E-state index is 14.1. The summed E-state index contributed by atoms with van der Waals surface area (Å²) < 4.78 is 45.4. The third-order valence-corrected chi connectivity index (χ3v) is 13.2. The zero-order chi connectivity index (χ0) is 45.4. The standard InChI is InChI=1S/C57H58O8S/c1-42-32-52(61-36-45-20-10-4-11-21-45)51(34-49(42)33-43-28-30-50(31-29-43)65-41-59-2)57(58)56(64-39-48-26-16-7-17-27-48)55(63-38-47-24-14-6-15-25-47)54(62-37-46-22-12-5-13-23-46)53(66-57)40-60-35-44-18-8-3-9-19-44/h3-32,34,53-56,58H,33,35-41H2,1-2H3/t53-,54-,55+,56-,57+/m1/s1. The summed E-state index contributed by atoms with van der Waals surface area (Å²) in [6.07, 6.45) is -1.71. The van der Waals surface area contributed by atoms with Crippen LogP contribution in [0.4, 0.5) is 0 Å². The van der Waals surface area contributed by atoms with Crippen molar-refractivity contribution in [3.63, 3.8) is 0 Å². The van der Waals surface area contributed by atoms with Crippen LogP contribution in [-0.4, -0.2) is 49.2 Å². The summed E-state index contributed by atoms with van der Waals surface area (Å²) >= 11 is 1.39. The minimum atomic E-state index is -1.74. The van der Waals surface area contributed by atoms with Gasteiger partial charge in [0.15, 0.2) is 11.7 Å². The molecule has 8 rings (SSSR count). The monoisotopic (exact) mass is 902 g/mol. The van der Waals surface area contributed by atoms with E-state index in [4.69, 9.17) is 33.2 Å². The first-order valence-electron chi connectivity index (χ1n) is 22.4. The fraction of sp³-hybridized carbons (Fsp3) is 0.263. The summed E-state index contributed by atoms with van der Waals surface area (Å²) in [5.74, 6) is 1.28. The van der Waals surface area contributed by atoms with Crippen LogP contribution in [0.2, 0.25) is 0 Å².